The zero-order chi connectivity index (χ0) is 20.0. The van der Waals surface area contributed by atoms with Crippen LogP contribution in [0, 0.1) is 0 Å². The Kier molecular flexibility index (Phi) is 4.69. The number of hydrogen-bond acceptors (Lipinski definition) is 4. The summed E-state index contributed by atoms with van der Waals surface area (Å²) in [5.41, 5.74) is 4.67. The first-order valence-corrected chi connectivity index (χ1v) is 9.25. The lowest BCUT2D eigenvalue weighted by Crippen LogP contribution is -2.15. The van der Waals surface area contributed by atoms with Crippen LogP contribution in [-0.2, 0) is 13.5 Å². The van der Waals surface area contributed by atoms with E-state index in [0.29, 0.717) is 39.3 Å². The van der Waals surface area contributed by atoms with Crippen molar-refractivity contribution in [2.24, 2.45) is 7.05 Å². The number of rotatable bonds is 4. The van der Waals surface area contributed by atoms with Gasteiger partial charge in [-0.3, -0.25) is 9.48 Å². The lowest BCUT2D eigenvalue weighted by molar-refractivity contribution is 0.102. The first-order chi connectivity index (χ1) is 13.4. The Labute approximate surface area is 172 Å². The van der Waals surface area contributed by atoms with Crippen LogP contribution in [-0.4, -0.2) is 29.9 Å². The van der Waals surface area contributed by atoms with Crippen LogP contribution in [0.1, 0.15) is 21.6 Å². The molecule has 1 heterocycles. The number of aromatic nitrogens is 2. The van der Waals surface area contributed by atoms with Gasteiger partial charge in [0.1, 0.15) is 0 Å². The Hall–Kier alpha value is -2.70. The van der Waals surface area contributed by atoms with E-state index in [1.54, 1.807) is 37.1 Å². The minimum Gasteiger partial charge on any atom is -0.493 e. The van der Waals surface area contributed by atoms with E-state index in [2.05, 4.69) is 10.4 Å². The molecule has 0 aliphatic heterocycles. The molecule has 1 N–H and O–H groups in total. The summed E-state index contributed by atoms with van der Waals surface area (Å²) in [6, 6.07) is 8.74. The van der Waals surface area contributed by atoms with Crippen molar-refractivity contribution in [2.45, 2.75) is 6.42 Å². The topological polar surface area (TPSA) is 65.4 Å². The maximum Gasteiger partial charge on any atom is 0.276 e. The number of anilines is 1. The predicted molar refractivity (Wildman–Crippen MR) is 109 cm³/mol. The largest absolute Gasteiger partial charge is 0.493 e. The molecule has 0 saturated heterocycles. The summed E-state index contributed by atoms with van der Waals surface area (Å²) in [5, 5.41) is 8.15. The van der Waals surface area contributed by atoms with Crippen LogP contribution >= 0.6 is 23.2 Å². The van der Waals surface area contributed by atoms with E-state index >= 15 is 0 Å². The van der Waals surface area contributed by atoms with Gasteiger partial charge in [-0.05, 0) is 35.9 Å². The lowest BCUT2D eigenvalue weighted by Gasteiger charge is -2.11. The van der Waals surface area contributed by atoms with Gasteiger partial charge in [0.15, 0.2) is 17.2 Å². The van der Waals surface area contributed by atoms with Crippen LogP contribution in [0.4, 0.5) is 5.69 Å². The number of aryl methyl sites for hydroxylation is 1. The fraction of sp³-hybridized carbons (Fsp3) is 0.200. The zero-order valence-corrected chi connectivity index (χ0v) is 17.0. The molecule has 4 rings (SSSR count). The number of methoxy groups -OCH3 is 2. The van der Waals surface area contributed by atoms with Crippen molar-refractivity contribution in [3.63, 3.8) is 0 Å². The summed E-state index contributed by atoms with van der Waals surface area (Å²) in [6.45, 7) is 0. The van der Waals surface area contributed by atoms with Gasteiger partial charge in [0, 0.05) is 40.3 Å². The Morgan fingerprint density at radius 2 is 1.71 bits per heavy atom. The van der Waals surface area contributed by atoms with E-state index in [1.165, 1.54) is 0 Å². The molecule has 0 saturated carbocycles. The summed E-state index contributed by atoms with van der Waals surface area (Å²) < 4.78 is 12.5. The molecule has 1 amide bonds. The summed E-state index contributed by atoms with van der Waals surface area (Å²) in [7, 11) is 5.01. The van der Waals surface area contributed by atoms with Crippen molar-refractivity contribution in [1.29, 1.82) is 0 Å². The maximum absolute atomic E-state index is 12.9. The summed E-state index contributed by atoms with van der Waals surface area (Å²) >= 11 is 12.0. The zero-order valence-electron chi connectivity index (χ0n) is 15.5. The number of halogens is 2. The standard InChI is InChI=1S/C20H17Cl2N3O3/c1-25-19-14-9-17(28-3)16(27-2)5-10(14)4-15(19)18(24-25)20(26)23-13-7-11(21)6-12(22)8-13/h5-9H,4H2,1-3H3,(H,23,26). The molecular formula is C20H17Cl2N3O3. The van der Waals surface area contributed by atoms with Crippen LogP contribution in [0.2, 0.25) is 10.0 Å². The van der Waals surface area contributed by atoms with Crippen molar-refractivity contribution in [1.82, 2.24) is 9.78 Å². The summed E-state index contributed by atoms with van der Waals surface area (Å²) in [4.78, 5) is 12.9. The highest BCUT2D eigenvalue weighted by Gasteiger charge is 2.31. The molecule has 1 aliphatic carbocycles. The van der Waals surface area contributed by atoms with Crippen LogP contribution in [0.15, 0.2) is 30.3 Å². The highest BCUT2D eigenvalue weighted by atomic mass is 35.5. The quantitative estimate of drug-likeness (QED) is 0.528. The number of benzene rings is 2. The van der Waals surface area contributed by atoms with Crippen molar-refractivity contribution in [3.05, 3.63) is 57.2 Å². The van der Waals surface area contributed by atoms with E-state index in [0.717, 1.165) is 22.4 Å². The molecule has 8 heteroatoms. The fourth-order valence-electron chi connectivity index (χ4n) is 3.55. The molecule has 0 fully saturated rings. The van der Waals surface area contributed by atoms with E-state index in [1.807, 2.05) is 19.2 Å². The van der Waals surface area contributed by atoms with Crippen molar-refractivity contribution < 1.29 is 14.3 Å². The molecule has 0 spiro atoms. The van der Waals surface area contributed by atoms with Crippen LogP contribution in [0.25, 0.3) is 11.3 Å². The predicted octanol–water partition coefficient (Wildman–Crippen LogP) is 4.57. The van der Waals surface area contributed by atoms with Crippen molar-refractivity contribution >= 4 is 34.8 Å². The van der Waals surface area contributed by atoms with Gasteiger partial charge in [-0.2, -0.15) is 5.10 Å². The Bertz CT molecular complexity index is 1090. The third kappa shape index (κ3) is 3.08. The van der Waals surface area contributed by atoms with Crippen molar-refractivity contribution in [2.75, 3.05) is 19.5 Å². The Morgan fingerprint density at radius 1 is 1.07 bits per heavy atom. The number of hydrogen-bond donors (Lipinski definition) is 1. The van der Waals surface area contributed by atoms with Crippen LogP contribution in [0.3, 0.4) is 0 Å². The molecule has 3 aromatic rings. The second-order valence-corrected chi connectivity index (χ2v) is 7.33. The molecule has 0 radical (unpaired) electrons. The molecule has 1 aromatic heterocycles. The van der Waals surface area contributed by atoms with Gasteiger partial charge in [0.25, 0.3) is 5.91 Å². The molecule has 0 bridgehead atoms. The minimum absolute atomic E-state index is 0.318. The first-order valence-electron chi connectivity index (χ1n) is 8.50. The van der Waals surface area contributed by atoms with E-state index in [4.69, 9.17) is 32.7 Å². The Balaban J connectivity index is 1.72. The third-order valence-corrected chi connectivity index (χ3v) is 5.15. The second kappa shape index (κ2) is 7.04. The number of carbonyl (C=O) groups is 1. The number of nitrogens with zero attached hydrogens (tertiary/aromatic N) is 2. The second-order valence-electron chi connectivity index (χ2n) is 6.45. The van der Waals surface area contributed by atoms with Gasteiger partial charge in [-0.15, -0.1) is 0 Å². The van der Waals surface area contributed by atoms with Gasteiger partial charge < -0.3 is 14.8 Å². The molecule has 28 heavy (non-hydrogen) atoms. The highest BCUT2D eigenvalue weighted by Crippen LogP contribution is 2.43. The monoisotopic (exact) mass is 417 g/mol. The molecular weight excluding hydrogens is 401 g/mol. The molecule has 2 aromatic carbocycles. The van der Waals surface area contributed by atoms with E-state index in [-0.39, 0.29) is 5.91 Å². The van der Waals surface area contributed by atoms with Gasteiger partial charge in [-0.1, -0.05) is 23.2 Å². The summed E-state index contributed by atoms with van der Waals surface area (Å²) in [6.07, 6.45) is 0.581. The van der Waals surface area contributed by atoms with Gasteiger partial charge >= 0.3 is 0 Å². The van der Waals surface area contributed by atoms with E-state index < -0.39 is 0 Å². The van der Waals surface area contributed by atoms with E-state index in [9.17, 15) is 4.79 Å². The lowest BCUT2D eigenvalue weighted by atomic mass is 10.1. The average Bonchev–Trinajstić information content (AvgIpc) is 3.16. The van der Waals surface area contributed by atoms with Crippen molar-refractivity contribution in [3.8, 4) is 22.8 Å². The minimum atomic E-state index is -0.318. The van der Waals surface area contributed by atoms with Crippen LogP contribution < -0.4 is 14.8 Å². The number of amides is 1. The fourth-order valence-corrected chi connectivity index (χ4v) is 4.08. The highest BCUT2D eigenvalue weighted by molar-refractivity contribution is 6.35. The Morgan fingerprint density at radius 3 is 2.36 bits per heavy atom. The molecule has 0 atom stereocenters. The molecule has 6 nitrogen and oxygen atoms in total. The molecule has 1 aliphatic rings. The molecule has 144 valence electrons. The number of fused-ring (bicyclic) bond motifs is 3. The first kappa shape index (κ1) is 18.7. The van der Waals surface area contributed by atoms with Gasteiger partial charge in [0.2, 0.25) is 0 Å². The molecule has 0 unspecified atom stereocenters. The normalized spacial score (nSPS) is 11.8. The average molecular weight is 418 g/mol. The number of nitrogens with one attached hydrogen (secondary N) is 1. The van der Waals surface area contributed by atoms with Gasteiger partial charge in [-0.25, -0.2) is 0 Å². The SMILES string of the molecule is COc1cc2c(cc1OC)-c1c(c(C(=O)Nc3cc(Cl)cc(Cl)c3)nn1C)C2. The van der Waals surface area contributed by atoms with Gasteiger partial charge in [0.05, 0.1) is 19.9 Å². The van der Waals surface area contributed by atoms with Crippen LogP contribution in [0.5, 0.6) is 11.5 Å². The number of carbonyl (C=O) groups excluding carboxylic acids is 1. The third-order valence-electron chi connectivity index (χ3n) is 4.71. The maximum atomic E-state index is 12.9. The summed E-state index contributed by atoms with van der Waals surface area (Å²) in [5.74, 6) is 0.971. The number of ether oxygens (including phenoxy) is 2. The smallest absolute Gasteiger partial charge is 0.276 e.